The molecule has 0 unspecified atom stereocenters. The molecule has 11 rings (SSSR count). The highest BCUT2D eigenvalue weighted by molar-refractivity contribution is 6.19. The first kappa shape index (κ1) is 30.8. The number of benzene rings is 8. The van der Waals surface area contributed by atoms with Gasteiger partial charge < -0.3 is 4.57 Å². The van der Waals surface area contributed by atoms with E-state index in [1.807, 2.05) is 0 Å². The Morgan fingerprint density at radius 3 is 1.96 bits per heavy atom. The van der Waals surface area contributed by atoms with E-state index in [-0.39, 0.29) is 5.41 Å². The van der Waals surface area contributed by atoms with Crippen LogP contribution in [0, 0.1) is 0 Å². The molecule has 0 spiro atoms. The minimum Gasteiger partial charge on any atom is -0.308 e. The zero-order valence-corrected chi connectivity index (χ0v) is 30.1. The fourth-order valence-corrected chi connectivity index (χ4v) is 9.00. The summed E-state index contributed by atoms with van der Waals surface area (Å²) in [6, 6.07) is 63.5. The zero-order chi connectivity index (χ0) is 36.0. The van der Waals surface area contributed by atoms with E-state index in [9.17, 15) is 0 Å². The van der Waals surface area contributed by atoms with E-state index in [1.165, 1.54) is 60.2 Å². The molecule has 254 valence electrons. The molecule has 54 heavy (non-hydrogen) atoms. The van der Waals surface area contributed by atoms with E-state index >= 15 is 0 Å². The van der Waals surface area contributed by atoms with Crippen LogP contribution in [0.25, 0.3) is 94.1 Å². The van der Waals surface area contributed by atoms with E-state index in [4.69, 9.17) is 9.97 Å². The molecule has 8 aromatic carbocycles. The molecule has 0 atom stereocenters. The molecule has 0 saturated heterocycles. The van der Waals surface area contributed by atoms with Crippen molar-refractivity contribution in [1.82, 2.24) is 14.5 Å². The second kappa shape index (κ2) is 11.6. The van der Waals surface area contributed by atoms with Gasteiger partial charge in [-0.2, -0.15) is 0 Å². The van der Waals surface area contributed by atoms with Crippen LogP contribution in [-0.2, 0) is 5.41 Å². The van der Waals surface area contributed by atoms with Gasteiger partial charge in [-0.1, -0.05) is 166 Å². The molecule has 0 saturated carbocycles. The first-order valence-corrected chi connectivity index (χ1v) is 18.7. The summed E-state index contributed by atoms with van der Waals surface area (Å²) in [4.78, 5) is 10.6. The van der Waals surface area contributed by atoms with Crippen molar-refractivity contribution in [3.05, 3.63) is 187 Å². The number of fused-ring (bicyclic) bond motifs is 9. The number of para-hydroxylation sites is 1. The van der Waals surface area contributed by atoms with E-state index in [1.54, 1.807) is 0 Å². The fraction of sp³-hybridized carbons (Fsp3) is 0.0588. The normalized spacial score (nSPS) is 13.1. The minimum absolute atomic E-state index is 0.119. The molecule has 0 radical (unpaired) electrons. The summed E-state index contributed by atoms with van der Waals surface area (Å²) in [6.07, 6.45) is 0. The van der Waals surface area contributed by atoms with Crippen LogP contribution in [0.15, 0.2) is 176 Å². The predicted octanol–water partition coefficient (Wildman–Crippen LogP) is 13.2. The Labute approximate surface area is 313 Å². The van der Waals surface area contributed by atoms with Gasteiger partial charge in [0.25, 0.3) is 0 Å². The van der Waals surface area contributed by atoms with Crippen LogP contribution in [0.1, 0.15) is 25.0 Å². The molecular weight excluding hydrogens is 655 g/mol. The average Bonchev–Trinajstić information content (AvgIpc) is 3.69. The molecular formula is C51H35N3. The van der Waals surface area contributed by atoms with Crippen molar-refractivity contribution in [2.75, 3.05) is 0 Å². The molecule has 0 aliphatic heterocycles. The second-order valence-corrected chi connectivity index (χ2v) is 15.0. The standard InChI is InChI=1S/C51H35N3/c1-51(2)43-22-12-10-19-37(43)38-26-25-34(30-44(38)51)50-52-45(33-15-4-3-5-16-33)31-46(53-50)39-28-29-48(40-20-9-8-18-36(39)40)54-47-23-13-11-21-41(47)42-27-24-32-14-6-7-17-35(32)49(42)54/h3-31H,1-2H3. The smallest absolute Gasteiger partial charge is 0.160 e. The summed E-state index contributed by atoms with van der Waals surface area (Å²) < 4.78 is 2.46. The van der Waals surface area contributed by atoms with Crippen LogP contribution in [0.5, 0.6) is 0 Å². The Morgan fingerprint density at radius 1 is 0.426 bits per heavy atom. The van der Waals surface area contributed by atoms with Gasteiger partial charge in [-0.05, 0) is 57.3 Å². The summed E-state index contributed by atoms with van der Waals surface area (Å²) in [7, 11) is 0. The van der Waals surface area contributed by atoms with E-state index < -0.39 is 0 Å². The maximum absolute atomic E-state index is 5.39. The van der Waals surface area contributed by atoms with Crippen LogP contribution in [0.3, 0.4) is 0 Å². The maximum Gasteiger partial charge on any atom is 0.160 e. The SMILES string of the molecule is CC1(C)c2ccccc2-c2ccc(-c3nc(-c4ccccc4)cc(-c4ccc(-n5c6ccccc6c6ccc7ccccc7c65)c5ccccc45)n3)cc21. The third-order valence-corrected chi connectivity index (χ3v) is 11.6. The van der Waals surface area contributed by atoms with Crippen molar-refractivity contribution in [3.63, 3.8) is 0 Å². The van der Waals surface area contributed by atoms with Gasteiger partial charge in [0.1, 0.15) is 0 Å². The van der Waals surface area contributed by atoms with Gasteiger partial charge in [-0.3, -0.25) is 0 Å². The Hall–Kier alpha value is -6.84. The van der Waals surface area contributed by atoms with Crippen LogP contribution < -0.4 is 0 Å². The Morgan fingerprint density at radius 2 is 1.09 bits per heavy atom. The zero-order valence-electron chi connectivity index (χ0n) is 30.1. The lowest BCUT2D eigenvalue weighted by Gasteiger charge is -2.22. The molecule has 3 nitrogen and oxygen atoms in total. The number of hydrogen-bond donors (Lipinski definition) is 0. The van der Waals surface area contributed by atoms with E-state index in [0.717, 1.165) is 45.0 Å². The summed E-state index contributed by atoms with van der Waals surface area (Å²) in [6.45, 7) is 4.64. The highest BCUT2D eigenvalue weighted by Gasteiger charge is 2.35. The van der Waals surface area contributed by atoms with Crippen molar-refractivity contribution < 1.29 is 0 Å². The monoisotopic (exact) mass is 689 g/mol. The molecule has 0 fully saturated rings. The predicted molar refractivity (Wildman–Crippen MR) is 225 cm³/mol. The van der Waals surface area contributed by atoms with Gasteiger partial charge >= 0.3 is 0 Å². The fourth-order valence-electron chi connectivity index (χ4n) is 9.00. The molecule has 0 N–H and O–H groups in total. The molecule has 2 aromatic heterocycles. The van der Waals surface area contributed by atoms with Gasteiger partial charge in [-0.15, -0.1) is 0 Å². The third kappa shape index (κ3) is 4.48. The summed E-state index contributed by atoms with van der Waals surface area (Å²) in [5, 5.41) is 7.30. The second-order valence-electron chi connectivity index (χ2n) is 15.0. The largest absolute Gasteiger partial charge is 0.308 e. The first-order chi connectivity index (χ1) is 26.5. The van der Waals surface area contributed by atoms with Crippen LogP contribution >= 0.6 is 0 Å². The van der Waals surface area contributed by atoms with Crippen molar-refractivity contribution in [2.24, 2.45) is 0 Å². The highest BCUT2D eigenvalue weighted by Crippen LogP contribution is 2.49. The lowest BCUT2D eigenvalue weighted by molar-refractivity contribution is 0.660. The van der Waals surface area contributed by atoms with Gasteiger partial charge in [0.2, 0.25) is 0 Å². The van der Waals surface area contributed by atoms with E-state index in [2.05, 4.69) is 194 Å². The number of nitrogens with zero attached hydrogens (tertiary/aromatic N) is 3. The Kier molecular flexibility index (Phi) is 6.60. The number of hydrogen-bond acceptors (Lipinski definition) is 2. The quantitative estimate of drug-likeness (QED) is 0.184. The van der Waals surface area contributed by atoms with Crippen LogP contribution in [0.2, 0.25) is 0 Å². The average molecular weight is 690 g/mol. The van der Waals surface area contributed by atoms with Gasteiger partial charge in [0.15, 0.2) is 5.82 Å². The van der Waals surface area contributed by atoms with Crippen molar-refractivity contribution in [3.8, 4) is 50.7 Å². The number of aromatic nitrogens is 3. The van der Waals surface area contributed by atoms with E-state index in [0.29, 0.717) is 0 Å². The Bertz CT molecular complexity index is 3130. The molecule has 3 heteroatoms. The lowest BCUT2D eigenvalue weighted by Crippen LogP contribution is -2.15. The van der Waals surface area contributed by atoms with Crippen LogP contribution in [0.4, 0.5) is 0 Å². The molecule has 1 aliphatic carbocycles. The first-order valence-electron chi connectivity index (χ1n) is 18.7. The van der Waals surface area contributed by atoms with Crippen molar-refractivity contribution in [1.29, 1.82) is 0 Å². The number of rotatable bonds is 4. The van der Waals surface area contributed by atoms with Crippen molar-refractivity contribution in [2.45, 2.75) is 19.3 Å². The molecule has 0 bridgehead atoms. The summed E-state index contributed by atoms with van der Waals surface area (Å²) in [5.41, 5.74) is 13.7. The third-order valence-electron chi connectivity index (χ3n) is 11.6. The topological polar surface area (TPSA) is 30.7 Å². The Balaban J connectivity index is 1.14. The van der Waals surface area contributed by atoms with Crippen molar-refractivity contribution >= 4 is 43.4 Å². The van der Waals surface area contributed by atoms with Crippen LogP contribution in [-0.4, -0.2) is 14.5 Å². The van der Waals surface area contributed by atoms with Gasteiger partial charge in [-0.25, -0.2) is 9.97 Å². The summed E-state index contributed by atoms with van der Waals surface area (Å²) >= 11 is 0. The molecule has 1 aliphatic rings. The lowest BCUT2D eigenvalue weighted by atomic mass is 9.82. The summed E-state index contributed by atoms with van der Waals surface area (Å²) in [5.74, 6) is 0.725. The molecule has 10 aromatic rings. The highest BCUT2D eigenvalue weighted by atomic mass is 15.0. The molecule has 0 amide bonds. The maximum atomic E-state index is 5.39. The molecule has 2 heterocycles. The van der Waals surface area contributed by atoms with Gasteiger partial charge in [0, 0.05) is 43.7 Å². The van der Waals surface area contributed by atoms with Gasteiger partial charge in [0.05, 0.1) is 28.1 Å². The minimum atomic E-state index is -0.119.